The Hall–Kier alpha value is -2.44. The van der Waals surface area contributed by atoms with E-state index in [4.69, 9.17) is 0 Å². The van der Waals surface area contributed by atoms with E-state index in [0.29, 0.717) is 43.1 Å². The summed E-state index contributed by atoms with van der Waals surface area (Å²) in [5.74, 6) is -0.360. The van der Waals surface area contributed by atoms with Crippen molar-refractivity contribution in [2.45, 2.75) is 94.7 Å². The summed E-state index contributed by atoms with van der Waals surface area (Å²) in [6, 6.07) is 5.28. The first kappa shape index (κ1) is 31.0. The number of aryl methyl sites for hydroxylation is 1. The molecule has 42 heavy (non-hydrogen) atoms. The van der Waals surface area contributed by atoms with Gasteiger partial charge in [-0.3, -0.25) is 0 Å². The number of nitrogens with zero attached hydrogens (tertiary/aromatic N) is 4. The lowest BCUT2D eigenvalue weighted by Crippen LogP contribution is -2.52. The summed E-state index contributed by atoms with van der Waals surface area (Å²) in [4.78, 5) is 12.3. The molecule has 0 amide bonds. The topological polar surface area (TPSA) is 98.7 Å². The summed E-state index contributed by atoms with van der Waals surface area (Å²) in [5, 5.41) is 13.2. The number of aliphatic hydroxyl groups is 1. The van der Waals surface area contributed by atoms with Gasteiger partial charge in [0.25, 0.3) is 0 Å². The molecule has 1 aliphatic carbocycles. The highest BCUT2D eigenvalue weighted by molar-refractivity contribution is 7.92. The number of likely N-dealkylation sites (tertiary alicyclic amines) is 1. The Balaban J connectivity index is 1.32. The first-order chi connectivity index (χ1) is 19.5. The predicted octanol–water partition coefficient (Wildman–Crippen LogP) is 5.57. The zero-order valence-corrected chi connectivity index (χ0v) is 25.8. The van der Waals surface area contributed by atoms with Crippen LogP contribution in [0.2, 0.25) is 0 Å². The van der Waals surface area contributed by atoms with Gasteiger partial charge in [-0.2, -0.15) is 18.2 Å². The summed E-state index contributed by atoms with van der Waals surface area (Å²) in [5.41, 5.74) is -0.872. The van der Waals surface area contributed by atoms with Crippen LogP contribution in [0.5, 0.6) is 0 Å². The van der Waals surface area contributed by atoms with Gasteiger partial charge in [-0.05, 0) is 108 Å². The number of piperidine rings is 2. The second-order valence-electron chi connectivity index (χ2n) is 13.4. The maximum absolute atomic E-state index is 13.9. The predicted molar refractivity (Wildman–Crippen MR) is 157 cm³/mol. The van der Waals surface area contributed by atoms with Gasteiger partial charge in [0.1, 0.15) is 11.4 Å². The maximum atomic E-state index is 13.9. The highest BCUT2D eigenvalue weighted by Gasteiger charge is 2.51. The number of anilines is 3. The van der Waals surface area contributed by atoms with Crippen LogP contribution >= 0.6 is 0 Å². The number of halogens is 3. The second-order valence-corrected chi connectivity index (χ2v) is 15.7. The molecule has 2 aliphatic heterocycles. The molecule has 5 rings (SSSR count). The van der Waals surface area contributed by atoms with E-state index >= 15 is 0 Å². The lowest BCUT2D eigenvalue weighted by Gasteiger charge is -2.52. The SMILES string of the molecule is Cc1cc(S(=O)(=O)C2CC3(CCN(C(C)C)CC3)C2)ccc1Nc1ncc(C(F)(F)F)c(N2CC(C)CC(C)(O)C2)n1. The fraction of sp³-hybridized carbons (Fsp3) is 0.667. The number of aromatic nitrogens is 2. The molecule has 3 aliphatic rings. The van der Waals surface area contributed by atoms with Crippen molar-refractivity contribution in [3.05, 3.63) is 35.5 Å². The molecule has 3 heterocycles. The third kappa shape index (κ3) is 6.26. The van der Waals surface area contributed by atoms with E-state index in [2.05, 4.69) is 34.0 Å². The molecule has 0 bridgehead atoms. The zero-order chi connectivity index (χ0) is 30.7. The van der Waals surface area contributed by atoms with Crippen molar-refractivity contribution in [1.29, 1.82) is 0 Å². The van der Waals surface area contributed by atoms with Gasteiger partial charge < -0.3 is 20.2 Å². The van der Waals surface area contributed by atoms with E-state index in [-0.39, 0.29) is 34.5 Å². The molecular weight excluding hydrogens is 567 g/mol. The van der Waals surface area contributed by atoms with Gasteiger partial charge in [0, 0.05) is 31.0 Å². The van der Waals surface area contributed by atoms with E-state index in [9.17, 15) is 26.7 Å². The van der Waals surface area contributed by atoms with Crippen molar-refractivity contribution in [2.75, 3.05) is 36.4 Å². The molecule has 1 saturated carbocycles. The first-order valence-corrected chi connectivity index (χ1v) is 16.3. The molecule has 1 spiro atoms. The molecule has 12 heteroatoms. The molecule has 8 nitrogen and oxygen atoms in total. The second kappa shape index (κ2) is 10.9. The number of sulfone groups is 1. The van der Waals surface area contributed by atoms with Crippen LogP contribution in [0, 0.1) is 18.3 Å². The summed E-state index contributed by atoms with van der Waals surface area (Å²) in [6.07, 6.45) is -0.00398. The van der Waals surface area contributed by atoms with Crippen LogP contribution in [-0.4, -0.2) is 71.5 Å². The van der Waals surface area contributed by atoms with Crippen LogP contribution in [0.3, 0.4) is 0 Å². The van der Waals surface area contributed by atoms with E-state index in [0.717, 1.165) is 32.1 Å². The Kier molecular flexibility index (Phi) is 8.06. The average Bonchev–Trinajstić information content (AvgIpc) is 2.86. The Labute approximate surface area is 246 Å². The van der Waals surface area contributed by atoms with Crippen molar-refractivity contribution in [3.8, 4) is 0 Å². The van der Waals surface area contributed by atoms with Crippen LogP contribution < -0.4 is 10.2 Å². The molecule has 2 aromatic rings. The summed E-state index contributed by atoms with van der Waals surface area (Å²) < 4.78 is 68.6. The standard InChI is InChI=1S/C30H42F3N5O3S/c1-19(2)37-10-8-29(9-11-37)14-23(15-29)42(40,41)22-6-7-25(21(4)12-22)35-27-34-16-24(30(31,32)33)26(36-27)38-17-20(3)13-28(5,39)18-38/h6-7,12,16,19-20,23,39H,8-11,13-15,17-18H2,1-5H3,(H,34,35,36). The van der Waals surface area contributed by atoms with Crippen LogP contribution in [0.15, 0.2) is 29.3 Å². The largest absolute Gasteiger partial charge is 0.421 e. The minimum atomic E-state index is -4.67. The first-order valence-electron chi connectivity index (χ1n) is 14.8. The van der Waals surface area contributed by atoms with Gasteiger partial charge in [0.2, 0.25) is 5.95 Å². The molecule has 2 unspecified atom stereocenters. The fourth-order valence-corrected chi connectivity index (χ4v) is 9.21. The highest BCUT2D eigenvalue weighted by Crippen LogP contribution is 2.53. The number of benzene rings is 1. The Morgan fingerprint density at radius 1 is 1.14 bits per heavy atom. The van der Waals surface area contributed by atoms with Crippen LogP contribution in [0.1, 0.15) is 70.9 Å². The molecular formula is C30H42F3N5O3S. The number of rotatable bonds is 6. The smallest absolute Gasteiger partial charge is 0.388 e. The van der Waals surface area contributed by atoms with Crippen LogP contribution in [0.25, 0.3) is 0 Å². The number of hydrogen-bond donors (Lipinski definition) is 2. The monoisotopic (exact) mass is 609 g/mol. The Bertz CT molecular complexity index is 1410. The molecule has 0 radical (unpaired) electrons. The van der Waals surface area contributed by atoms with Gasteiger partial charge in [0.05, 0.1) is 15.7 Å². The molecule has 1 aromatic heterocycles. The number of alkyl halides is 3. The Morgan fingerprint density at radius 3 is 2.38 bits per heavy atom. The number of β-amino-alcohol motifs (C(OH)–C–C–N with tert-alkyl or cyclic N) is 1. The quantitative estimate of drug-likeness (QED) is 0.439. The molecule has 232 valence electrons. The van der Waals surface area contributed by atoms with Gasteiger partial charge in [-0.15, -0.1) is 0 Å². The molecule has 1 aromatic carbocycles. The number of nitrogens with one attached hydrogen (secondary N) is 1. The van der Waals surface area contributed by atoms with Gasteiger partial charge in [0.15, 0.2) is 9.84 Å². The van der Waals surface area contributed by atoms with E-state index < -0.39 is 32.4 Å². The lowest BCUT2D eigenvalue weighted by atomic mass is 9.63. The van der Waals surface area contributed by atoms with Crippen molar-refractivity contribution in [3.63, 3.8) is 0 Å². The summed E-state index contributed by atoms with van der Waals surface area (Å²) in [6.45, 7) is 12.0. The number of hydrogen-bond acceptors (Lipinski definition) is 8. The van der Waals surface area contributed by atoms with Crippen LogP contribution in [0.4, 0.5) is 30.6 Å². The van der Waals surface area contributed by atoms with E-state index in [1.165, 1.54) is 4.90 Å². The van der Waals surface area contributed by atoms with E-state index in [1.807, 2.05) is 6.92 Å². The van der Waals surface area contributed by atoms with Crippen molar-refractivity contribution in [2.24, 2.45) is 11.3 Å². The third-order valence-corrected chi connectivity index (χ3v) is 11.5. The zero-order valence-electron chi connectivity index (χ0n) is 25.0. The van der Waals surface area contributed by atoms with Crippen molar-refractivity contribution in [1.82, 2.24) is 14.9 Å². The molecule has 2 saturated heterocycles. The van der Waals surface area contributed by atoms with E-state index in [1.54, 1.807) is 32.0 Å². The highest BCUT2D eigenvalue weighted by atomic mass is 32.2. The minimum Gasteiger partial charge on any atom is -0.388 e. The fourth-order valence-electron chi connectivity index (χ4n) is 7.08. The van der Waals surface area contributed by atoms with Crippen molar-refractivity contribution < 1.29 is 26.7 Å². The maximum Gasteiger partial charge on any atom is 0.421 e. The third-order valence-electron chi connectivity index (χ3n) is 9.35. The minimum absolute atomic E-state index is 0.0148. The van der Waals surface area contributed by atoms with Gasteiger partial charge >= 0.3 is 6.18 Å². The molecule has 2 N–H and O–H groups in total. The molecule has 3 fully saturated rings. The summed E-state index contributed by atoms with van der Waals surface area (Å²) in [7, 11) is -3.51. The summed E-state index contributed by atoms with van der Waals surface area (Å²) >= 11 is 0. The van der Waals surface area contributed by atoms with Gasteiger partial charge in [-0.25, -0.2) is 13.4 Å². The molecule has 2 atom stereocenters. The Morgan fingerprint density at radius 2 is 1.81 bits per heavy atom. The van der Waals surface area contributed by atoms with Gasteiger partial charge in [-0.1, -0.05) is 6.92 Å². The lowest BCUT2D eigenvalue weighted by molar-refractivity contribution is -0.137. The normalized spacial score (nSPS) is 25.6. The van der Waals surface area contributed by atoms with Crippen LogP contribution in [-0.2, 0) is 16.0 Å². The average molecular weight is 610 g/mol. The van der Waals surface area contributed by atoms with Crippen molar-refractivity contribution >= 4 is 27.3 Å².